The molecule has 1 saturated heterocycles. The minimum absolute atomic E-state index is 0.0314. The summed E-state index contributed by atoms with van der Waals surface area (Å²) in [5, 5.41) is 6.76. The van der Waals surface area contributed by atoms with E-state index in [-0.39, 0.29) is 5.60 Å². The van der Waals surface area contributed by atoms with Crippen molar-refractivity contribution in [1.29, 1.82) is 0 Å². The van der Waals surface area contributed by atoms with E-state index < -0.39 is 0 Å². The van der Waals surface area contributed by atoms with Crippen molar-refractivity contribution in [3.63, 3.8) is 0 Å². The Morgan fingerprint density at radius 1 is 1.53 bits per heavy atom. The fourth-order valence-corrected chi connectivity index (χ4v) is 3.01. The molecule has 1 aromatic rings. The van der Waals surface area contributed by atoms with Gasteiger partial charge in [-0.3, -0.25) is 4.90 Å². The first-order chi connectivity index (χ1) is 8.94. The van der Waals surface area contributed by atoms with Gasteiger partial charge in [-0.1, -0.05) is 13.8 Å². The highest BCUT2D eigenvalue weighted by Gasteiger charge is 2.27. The molecule has 0 atom stereocenters. The molecule has 0 unspecified atom stereocenters. The third-order valence-electron chi connectivity index (χ3n) is 3.15. The van der Waals surface area contributed by atoms with E-state index in [2.05, 4.69) is 43.3 Å². The Kier molecular flexibility index (Phi) is 4.95. The van der Waals surface area contributed by atoms with Crippen LogP contribution in [0, 0.1) is 0 Å². The zero-order chi connectivity index (χ0) is 13.9. The van der Waals surface area contributed by atoms with E-state index in [1.54, 1.807) is 11.3 Å². The van der Waals surface area contributed by atoms with Gasteiger partial charge in [0.25, 0.3) is 0 Å². The van der Waals surface area contributed by atoms with Crippen LogP contribution in [-0.2, 0) is 17.8 Å². The number of ether oxygens (including phenoxy) is 1. The van der Waals surface area contributed by atoms with Crippen LogP contribution in [0.15, 0.2) is 5.38 Å². The number of nitrogens with zero attached hydrogens (tertiary/aromatic N) is 2. The molecule has 0 bridgehead atoms. The van der Waals surface area contributed by atoms with Gasteiger partial charge in [0.15, 0.2) is 0 Å². The van der Waals surface area contributed by atoms with Crippen LogP contribution in [0.1, 0.15) is 38.4 Å². The second-order valence-corrected chi connectivity index (χ2v) is 7.03. The summed E-state index contributed by atoms with van der Waals surface area (Å²) in [4.78, 5) is 7.13. The molecule has 1 aromatic heterocycles. The smallest absolute Gasteiger partial charge is 0.107 e. The lowest BCUT2D eigenvalue weighted by atomic mass is 10.1. The van der Waals surface area contributed by atoms with E-state index in [4.69, 9.17) is 9.72 Å². The van der Waals surface area contributed by atoms with Gasteiger partial charge in [0, 0.05) is 37.6 Å². The third-order valence-corrected chi connectivity index (χ3v) is 4.05. The molecule has 1 fully saturated rings. The van der Waals surface area contributed by atoms with Crippen molar-refractivity contribution in [3.8, 4) is 0 Å². The fraction of sp³-hybridized carbons (Fsp3) is 0.786. The topological polar surface area (TPSA) is 37.4 Å². The van der Waals surface area contributed by atoms with Gasteiger partial charge < -0.3 is 10.1 Å². The molecule has 5 heteroatoms. The largest absolute Gasteiger partial charge is 0.373 e. The first kappa shape index (κ1) is 14.9. The Morgan fingerprint density at radius 3 is 3.00 bits per heavy atom. The van der Waals surface area contributed by atoms with Crippen molar-refractivity contribution in [2.45, 2.75) is 52.4 Å². The summed E-state index contributed by atoms with van der Waals surface area (Å²) in [7, 11) is 0. The summed E-state index contributed by atoms with van der Waals surface area (Å²) in [6.45, 7) is 13.2. The van der Waals surface area contributed by atoms with Gasteiger partial charge in [0.05, 0.1) is 17.9 Å². The second kappa shape index (κ2) is 6.31. The maximum Gasteiger partial charge on any atom is 0.107 e. The van der Waals surface area contributed by atoms with Crippen LogP contribution in [0.25, 0.3) is 0 Å². The van der Waals surface area contributed by atoms with Gasteiger partial charge in [0.1, 0.15) is 5.01 Å². The van der Waals surface area contributed by atoms with Crippen molar-refractivity contribution < 1.29 is 4.74 Å². The van der Waals surface area contributed by atoms with Crippen molar-refractivity contribution in [2.75, 3.05) is 19.7 Å². The number of morpholine rings is 1. The molecule has 4 nitrogen and oxygen atoms in total. The summed E-state index contributed by atoms with van der Waals surface area (Å²) in [5.41, 5.74) is 1.15. The Labute approximate surface area is 120 Å². The predicted molar refractivity (Wildman–Crippen MR) is 79.4 cm³/mol. The van der Waals surface area contributed by atoms with Crippen LogP contribution in [-0.4, -0.2) is 41.2 Å². The van der Waals surface area contributed by atoms with E-state index in [9.17, 15) is 0 Å². The summed E-state index contributed by atoms with van der Waals surface area (Å²) in [6.07, 6.45) is 0. The molecular formula is C14H25N3OS. The molecule has 0 amide bonds. The molecule has 0 aliphatic carbocycles. The van der Waals surface area contributed by atoms with Crippen LogP contribution in [0.5, 0.6) is 0 Å². The summed E-state index contributed by atoms with van der Waals surface area (Å²) in [5.74, 6) is 0. The molecule has 2 rings (SSSR count). The number of aromatic nitrogens is 1. The van der Waals surface area contributed by atoms with Gasteiger partial charge in [-0.2, -0.15) is 0 Å². The number of thiazole rings is 1. The molecule has 19 heavy (non-hydrogen) atoms. The molecule has 0 radical (unpaired) electrons. The molecule has 0 saturated carbocycles. The van der Waals surface area contributed by atoms with Crippen LogP contribution in [0.4, 0.5) is 0 Å². The van der Waals surface area contributed by atoms with Gasteiger partial charge in [0.2, 0.25) is 0 Å². The summed E-state index contributed by atoms with van der Waals surface area (Å²) in [6, 6.07) is 0.507. The van der Waals surface area contributed by atoms with E-state index >= 15 is 0 Å². The average Bonchev–Trinajstić information content (AvgIpc) is 2.73. The van der Waals surface area contributed by atoms with Crippen molar-refractivity contribution in [1.82, 2.24) is 15.2 Å². The first-order valence-electron chi connectivity index (χ1n) is 6.97. The molecule has 108 valence electrons. The Bertz CT molecular complexity index is 403. The maximum absolute atomic E-state index is 5.73. The lowest BCUT2D eigenvalue weighted by Crippen LogP contribution is -2.47. The standard InChI is InChI=1S/C14H25N3OS/c1-11(2)15-7-13-16-12(9-19-13)8-17-5-6-18-14(3,4)10-17/h9,11,15H,5-8,10H2,1-4H3. The number of hydrogen-bond acceptors (Lipinski definition) is 5. The van der Waals surface area contributed by atoms with Crippen molar-refractivity contribution in [3.05, 3.63) is 16.1 Å². The zero-order valence-corrected chi connectivity index (χ0v) is 13.2. The minimum atomic E-state index is -0.0314. The predicted octanol–water partition coefficient (Wildman–Crippen LogP) is 2.25. The lowest BCUT2D eigenvalue weighted by molar-refractivity contribution is -0.0884. The molecule has 1 N–H and O–H groups in total. The van der Waals surface area contributed by atoms with Gasteiger partial charge in [-0.05, 0) is 13.8 Å². The van der Waals surface area contributed by atoms with Crippen LogP contribution < -0.4 is 5.32 Å². The van der Waals surface area contributed by atoms with Crippen molar-refractivity contribution in [2.24, 2.45) is 0 Å². The van der Waals surface area contributed by atoms with Gasteiger partial charge in [-0.25, -0.2) is 4.98 Å². The molecule has 0 aromatic carbocycles. The Morgan fingerprint density at radius 2 is 2.32 bits per heavy atom. The molecule has 0 spiro atoms. The maximum atomic E-state index is 5.73. The first-order valence-corrected chi connectivity index (χ1v) is 7.85. The monoisotopic (exact) mass is 283 g/mol. The number of hydrogen-bond donors (Lipinski definition) is 1. The molecule has 1 aliphatic rings. The SMILES string of the molecule is CC(C)NCc1nc(CN2CCOC(C)(C)C2)cs1. The molecule has 1 aliphatic heterocycles. The summed E-state index contributed by atoms with van der Waals surface area (Å²) < 4.78 is 5.73. The minimum Gasteiger partial charge on any atom is -0.373 e. The fourth-order valence-electron chi connectivity index (χ4n) is 2.27. The van der Waals surface area contributed by atoms with E-state index in [0.717, 1.165) is 32.8 Å². The highest BCUT2D eigenvalue weighted by atomic mass is 32.1. The molecule has 2 heterocycles. The van der Waals surface area contributed by atoms with Crippen molar-refractivity contribution >= 4 is 11.3 Å². The van der Waals surface area contributed by atoms with Gasteiger partial charge in [-0.15, -0.1) is 11.3 Å². The van der Waals surface area contributed by atoms with Crippen LogP contribution in [0.3, 0.4) is 0 Å². The highest BCUT2D eigenvalue weighted by Crippen LogP contribution is 2.19. The summed E-state index contributed by atoms with van der Waals surface area (Å²) >= 11 is 1.75. The second-order valence-electron chi connectivity index (χ2n) is 6.09. The average molecular weight is 283 g/mol. The van der Waals surface area contributed by atoms with E-state index in [0.29, 0.717) is 6.04 Å². The van der Waals surface area contributed by atoms with Crippen LogP contribution in [0.2, 0.25) is 0 Å². The highest BCUT2D eigenvalue weighted by molar-refractivity contribution is 7.09. The van der Waals surface area contributed by atoms with E-state index in [1.165, 1.54) is 10.7 Å². The normalized spacial score (nSPS) is 20.1. The Hall–Kier alpha value is -0.490. The third kappa shape index (κ3) is 4.84. The Balaban J connectivity index is 1.85. The quantitative estimate of drug-likeness (QED) is 0.899. The molecular weight excluding hydrogens is 258 g/mol. The number of rotatable bonds is 5. The number of nitrogens with one attached hydrogen (secondary N) is 1. The lowest BCUT2D eigenvalue weighted by Gasteiger charge is -2.37. The van der Waals surface area contributed by atoms with Gasteiger partial charge >= 0.3 is 0 Å². The zero-order valence-electron chi connectivity index (χ0n) is 12.4. The van der Waals surface area contributed by atoms with Crippen LogP contribution >= 0.6 is 11.3 Å². The van der Waals surface area contributed by atoms with E-state index in [1.807, 2.05) is 0 Å².